The van der Waals surface area contributed by atoms with Crippen LogP contribution in [-0.2, 0) is 9.84 Å². The smallest absolute Gasteiger partial charge is 0.229 e. The Labute approximate surface area is 225 Å². The summed E-state index contributed by atoms with van der Waals surface area (Å²) in [6.45, 7) is 4.31. The maximum atomic E-state index is 14.5. The second-order valence-corrected chi connectivity index (χ2v) is 11.5. The average molecular weight is 558 g/mol. The van der Waals surface area contributed by atoms with Crippen LogP contribution in [0, 0.1) is 12.7 Å². The lowest BCUT2D eigenvalue weighted by atomic mass is 10.1. The summed E-state index contributed by atoms with van der Waals surface area (Å²) in [6, 6.07) is 8.68. The lowest BCUT2D eigenvalue weighted by Gasteiger charge is -2.31. The Morgan fingerprint density at radius 3 is 2.49 bits per heavy atom. The van der Waals surface area contributed by atoms with Gasteiger partial charge in [0.05, 0.1) is 17.0 Å². The molecule has 0 amide bonds. The van der Waals surface area contributed by atoms with Gasteiger partial charge < -0.3 is 18.9 Å². The van der Waals surface area contributed by atoms with Crippen LogP contribution in [-0.4, -0.2) is 74.3 Å². The van der Waals surface area contributed by atoms with E-state index in [0.29, 0.717) is 74.2 Å². The standard InChI is InChI=1S/C27H28FN3O7S/c1-17-26(29-16-30-27(17)38-23-6-4-20(14-21(23)28)39(2,33)34)37-19-7-9-31(10-8-19)15-22(32)18-3-5-24-25(13-18)36-12-11-35-24/h3-6,13-14,16,19H,7-12,15H2,1-2H3. The van der Waals surface area contributed by atoms with Gasteiger partial charge >= 0.3 is 0 Å². The highest BCUT2D eigenvalue weighted by Gasteiger charge is 2.25. The number of piperidine rings is 1. The predicted octanol–water partition coefficient (Wildman–Crippen LogP) is 3.62. The van der Waals surface area contributed by atoms with Crippen molar-refractivity contribution in [3.05, 3.63) is 59.7 Å². The molecule has 3 heterocycles. The number of Topliss-reactive ketones (excluding diaryl/α,β-unsaturated/α-hetero) is 1. The van der Waals surface area contributed by atoms with Gasteiger partial charge in [0.1, 0.15) is 25.6 Å². The van der Waals surface area contributed by atoms with Crippen LogP contribution < -0.4 is 18.9 Å². The first-order chi connectivity index (χ1) is 18.7. The Kier molecular flexibility index (Phi) is 7.67. The molecule has 3 aromatic rings. The van der Waals surface area contributed by atoms with E-state index in [-0.39, 0.29) is 28.4 Å². The zero-order chi connectivity index (χ0) is 27.6. The van der Waals surface area contributed by atoms with E-state index in [0.717, 1.165) is 12.3 Å². The van der Waals surface area contributed by atoms with E-state index in [2.05, 4.69) is 14.9 Å². The topological polar surface area (TPSA) is 117 Å². The van der Waals surface area contributed by atoms with Crippen LogP contribution >= 0.6 is 0 Å². The summed E-state index contributed by atoms with van der Waals surface area (Å²) in [6.07, 6.45) is 3.52. The van der Waals surface area contributed by atoms with Crippen molar-refractivity contribution in [2.75, 3.05) is 39.1 Å². The minimum atomic E-state index is -3.55. The Morgan fingerprint density at radius 2 is 1.77 bits per heavy atom. The first-order valence-electron chi connectivity index (χ1n) is 12.5. The molecule has 10 nitrogen and oxygen atoms in total. The number of ether oxygens (including phenoxy) is 4. The summed E-state index contributed by atoms with van der Waals surface area (Å²) in [5.41, 5.74) is 1.07. The number of likely N-dealkylation sites (tertiary alicyclic amines) is 1. The summed E-state index contributed by atoms with van der Waals surface area (Å²) >= 11 is 0. The SMILES string of the molecule is Cc1c(Oc2ccc(S(C)(=O)=O)cc2F)ncnc1OC1CCN(CC(=O)c2ccc3c(c2)OCCO3)CC1. The third kappa shape index (κ3) is 6.28. The highest BCUT2D eigenvalue weighted by atomic mass is 32.2. The molecule has 2 aromatic carbocycles. The highest BCUT2D eigenvalue weighted by Crippen LogP contribution is 2.32. The third-order valence-electron chi connectivity index (χ3n) is 6.57. The molecule has 206 valence electrons. The number of hydrogen-bond donors (Lipinski definition) is 0. The van der Waals surface area contributed by atoms with Crippen molar-refractivity contribution in [2.24, 2.45) is 0 Å². The molecule has 0 atom stereocenters. The Morgan fingerprint density at radius 1 is 1.05 bits per heavy atom. The van der Waals surface area contributed by atoms with Gasteiger partial charge in [0, 0.05) is 24.9 Å². The van der Waals surface area contributed by atoms with E-state index in [1.54, 1.807) is 25.1 Å². The second kappa shape index (κ2) is 11.1. The highest BCUT2D eigenvalue weighted by molar-refractivity contribution is 7.90. The quantitative estimate of drug-likeness (QED) is 0.380. The number of ketones is 1. The van der Waals surface area contributed by atoms with Crippen LogP contribution in [0.1, 0.15) is 28.8 Å². The number of rotatable bonds is 8. The van der Waals surface area contributed by atoms with E-state index < -0.39 is 15.7 Å². The number of benzene rings is 2. The van der Waals surface area contributed by atoms with Gasteiger partial charge in [-0.05, 0) is 56.2 Å². The number of aromatic nitrogens is 2. The maximum Gasteiger partial charge on any atom is 0.229 e. The molecule has 0 bridgehead atoms. The molecule has 0 N–H and O–H groups in total. The Bertz CT molecular complexity index is 1490. The van der Waals surface area contributed by atoms with Crippen LogP contribution in [0.3, 0.4) is 0 Å². The summed E-state index contributed by atoms with van der Waals surface area (Å²) in [4.78, 5) is 23.1. The van der Waals surface area contributed by atoms with Crippen molar-refractivity contribution in [1.82, 2.24) is 14.9 Å². The van der Waals surface area contributed by atoms with Gasteiger partial charge in [0.2, 0.25) is 11.8 Å². The molecule has 1 aromatic heterocycles. The largest absolute Gasteiger partial charge is 0.486 e. The molecule has 0 aliphatic carbocycles. The summed E-state index contributed by atoms with van der Waals surface area (Å²) in [7, 11) is -3.55. The molecule has 1 saturated heterocycles. The molecule has 12 heteroatoms. The molecule has 0 radical (unpaired) electrons. The van der Waals surface area contributed by atoms with E-state index in [9.17, 15) is 17.6 Å². The van der Waals surface area contributed by atoms with Crippen molar-refractivity contribution in [1.29, 1.82) is 0 Å². The predicted molar refractivity (Wildman–Crippen MR) is 138 cm³/mol. The van der Waals surface area contributed by atoms with Crippen LogP contribution in [0.15, 0.2) is 47.6 Å². The number of fused-ring (bicyclic) bond motifs is 1. The summed E-state index contributed by atoms with van der Waals surface area (Å²) in [5, 5.41) is 0. The van der Waals surface area contributed by atoms with Gasteiger partial charge in [0.25, 0.3) is 0 Å². The summed E-state index contributed by atoms with van der Waals surface area (Å²) in [5.74, 6) is 0.697. The molecule has 39 heavy (non-hydrogen) atoms. The van der Waals surface area contributed by atoms with Gasteiger partial charge in [0.15, 0.2) is 38.7 Å². The van der Waals surface area contributed by atoms with Crippen molar-refractivity contribution < 1.29 is 36.6 Å². The average Bonchev–Trinajstić information content (AvgIpc) is 2.92. The number of halogens is 1. The molecule has 0 spiro atoms. The van der Waals surface area contributed by atoms with Gasteiger partial charge in [-0.15, -0.1) is 0 Å². The second-order valence-electron chi connectivity index (χ2n) is 9.45. The fourth-order valence-electron chi connectivity index (χ4n) is 4.39. The molecule has 0 saturated carbocycles. The molecule has 5 rings (SSSR count). The lowest BCUT2D eigenvalue weighted by molar-refractivity contribution is 0.0773. The van der Waals surface area contributed by atoms with Crippen molar-refractivity contribution in [3.8, 4) is 29.0 Å². The minimum absolute atomic E-state index is 0.0107. The van der Waals surface area contributed by atoms with Gasteiger partial charge in [-0.3, -0.25) is 9.69 Å². The third-order valence-corrected chi connectivity index (χ3v) is 7.68. The minimum Gasteiger partial charge on any atom is -0.486 e. The maximum absolute atomic E-state index is 14.5. The molecular formula is C27H28FN3O7S. The molecule has 1 fully saturated rings. The fraction of sp³-hybridized carbons (Fsp3) is 0.370. The lowest BCUT2D eigenvalue weighted by Crippen LogP contribution is -2.41. The van der Waals surface area contributed by atoms with E-state index in [1.165, 1.54) is 18.5 Å². The number of sulfone groups is 1. The van der Waals surface area contributed by atoms with E-state index in [1.807, 2.05) is 0 Å². The van der Waals surface area contributed by atoms with Crippen molar-refractivity contribution in [2.45, 2.75) is 30.8 Å². The number of carbonyl (C=O) groups is 1. The van der Waals surface area contributed by atoms with Crippen LogP contribution in [0.25, 0.3) is 0 Å². The molecular weight excluding hydrogens is 529 g/mol. The monoisotopic (exact) mass is 557 g/mol. The van der Waals surface area contributed by atoms with Crippen molar-refractivity contribution >= 4 is 15.6 Å². The zero-order valence-electron chi connectivity index (χ0n) is 21.6. The van der Waals surface area contributed by atoms with Gasteiger partial charge in [-0.2, -0.15) is 0 Å². The van der Waals surface area contributed by atoms with E-state index in [4.69, 9.17) is 18.9 Å². The summed E-state index contributed by atoms with van der Waals surface area (Å²) < 4.78 is 60.6. The van der Waals surface area contributed by atoms with E-state index >= 15 is 0 Å². The van der Waals surface area contributed by atoms with Crippen LogP contribution in [0.4, 0.5) is 4.39 Å². The number of nitrogens with zero attached hydrogens (tertiary/aromatic N) is 3. The van der Waals surface area contributed by atoms with Gasteiger partial charge in [-0.1, -0.05) is 0 Å². The Balaban J connectivity index is 1.17. The number of carbonyl (C=O) groups excluding carboxylic acids is 1. The van der Waals surface area contributed by atoms with Gasteiger partial charge in [-0.25, -0.2) is 22.8 Å². The Hall–Kier alpha value is -3.77. The first kappa shape index (κ1) is 26.8. The normalized spacial score (nSPS) is 16.1. The molecule has 0 unspecified atom stereocenters. The molecule has 2 aliphatic heterocycles. The van der Waals surface area contributed by atoms with Crippen LogP contribution in [0.5, 0.6) is 29.0 Å². The zero-order valence-corrected chi connectivity index (χ0v) is 22.4. The van der Waals surface area contributed by atoms with Crippen LogP contribution in [0.2, 0.25) is 0 Å². The fourth-order valence-corrected chi connectivity index (χ4v) is 5.03. The number of hydrogen-bond acceptors (Lipinski definition) is 10. The first-order valence-corrected chi connectivity index (χ1v) is 14.4. The molecule has 2 aliphatic rings. The van der Waals surface area contributed by atoms with Crippen molar-refractivity contribution in [3.63, 3.8) is 0 Å².